The number of anilines is 1. The molecular weight excluding hydrogens is 298 g/mol. The molecule has 0 unspecified atom stereocenters. The van der Waals surface area contributed by atoms with Crippen LogP contribution in [0.15, 0.2) is 6.33 Å². The van der Waals surface area contributed by atoms with Gasteiger partial charge in [-0.1, -0.05) is 12.2 Å². The Morgan fingerprint density at radius 3 is 3.00 bits per heavy atom. The Kier molecular flexibility index (Phi) is 3.42. The van der Waals surface area contributed by atoms with Crippen LogP contribution in [0.25, 0.3) is 11.2 Å². The van der Waals surface area contributed by atoms with Crippen LogP contribution in [0.3, 0.4) is 0 Å². The molecule has 0 spiro atoms. The van der Waals surface area contributed by atoms with Gasteiger partial charge < -0.3 is 25.8 Å². The van der Waals surface area contributed by atoms with Gasteiger partial charge in [-0.3, -0.25) is 4.57 Å². The highest BCUT2D eigenvalue weighted by Crippen LogP contribution is 2.25. The Hall–Kier alpha value is -1.59. The molecule has 9 nitrogen and oxygen atoms in total. The van der Waals surface area contributed by atoms with Crippen LogP contribution < -0.4 is 15.4 Å². The van der Waals surface area contributed by atoms with Crippen LogP contribution in [0.1, 0.15) is 6.23 Å². The SMILES string of the molecule is Cn1c[n+]([C@@H]2O[C@H](CO)[C@H](O)[C@H]2[O-])c2[nH]c(N)nc(=S)c21. The molecule has 0 saturated carbocycles. The normalized spacial score (nSPS) is 29.3. The maximum Gasteiger partial charge on any atom is 0.273 e. The van der Waals surface area contributed by atoms with Crippen LogP contribution in [-0.4, -0.2) is 49.7 Å². The summed E-state index contributed by atoms with van der Waals surface area (Å²) in [6.07, 6.45) is -3.00. The molecule has 2 aromatic heterocycles. The number of nitrogens with one attached hydrogen (secondary N) is 1. The summed E-state index contributed by atoms with van der Waals surface area (Å²) in [6.45, 7) is -0.429. The molecular formula is C11H15N5O4S. The number of aliphatic hydroxyl groups is 2. The Bertz CT molecular complexity index is 744. The van der Waals surface area contributed by atoms with Gasteiger partial charge in [0, 0.05) is 0 Å². The summed E-state index contributed by atoms with van der Waals surface area (Å²) >= 11 is 5.16. The molecule has 10 heteroatoms. The van der Waals surface area contributed by atoms with Gasteiger partial charge in [-0.25, -0.2) is 9.55 Å². The van der Waals surface area contributed by atoms with Crippen LogP contribution in [0.5, 0.6) is 0 Å². The van der Waals surface area contributed by atoms with Gasteiger partial charge in [0.05, 0.1) is 19.8 Å². The number of H-pyrrole nitrogens is 1. The van der Waals surface area contributed by atoms with Crippen molar-refractivity contribution in [2.75, 3.05) is 12.3 Å². The average Bonchev–Trinajstić information content (AvgIpc) is 2.89. The van der Waals surface area contributed by atoms with Crippen molar-refractivity contribution in [1.82, 2.24) is 14.5 Å². The van der Waals surface area contributed by atoms with Gasteiger partial charge >= 0.3 is 0 Å². The van der Waals surface area contributed by atoms with E-state index in [1.54, 1.807) is 17.9 Å². The standard InChI is InChI=1S/C11H15N5O4S/c1-15-3-16(8-5(15)9(21)14-11(12)13-8)10-7(19)6(18)4(2-17)20-10/h3-4,6-7,10,17-18H,2H2,1H3,(H3,12,13,14,21)/t4-,6+,7-,10-/m1/s1. The van der Waals surface area contributed by atoms with Crippen molar-refractivity contribution in [3.8, 4) is 0 Å². The number of hydrogen-bond acceptors (Lipinski definition) is 7. The number of rotatable bonds is 2. The van der Waals surface area contributed by atoms with E-state index in [0.29, 0.717) is 15.8 Å². The first-order valence-electron chi connectivity index (χ1n) is 6.30. The minimum atomic E-state index is -1.44. The predicted molar refractivity (Wildman–Crippen MR) is 71.3 cm³/mol. The third-order valence-electron chi connectivity index (χ3n) is 3.57. The lowest BCUT2D eigenvalue weighted by Crippen LogP contribution is -2.51. The number of fused-ring (bicyclic) bond motifs is 1. The summed E-state index contributed by atoms with van der Waals surface area (Å²) < 4.78 is 8.94. The Morgan fingerprint density at radius 2 is 2.38 bits per heavy atom. The number of nitrogens with two attached hydrogens (primary N) is 1. The van der Waals surface area contributed by atoms with E-state index in [1.165, 1.54) is 4.57 Å². The summed E-state index contributed by atoms with van der Waals surface area (Å²) in [7, 11) is 1.75. The zero-order valence-electron chi connectivity index (χ0n) is 11.1. The van der Waals surface area contributed by atoms with E-state index < -0.39 is 31.1 Å². The third-order valence-corrected chi connectivity index (χ3v) is 3.86. The summed E-state index contributed by atoms with van der Waals surface area (Å²) in [5.41, 5.74) is 6.73. The summed E-state index contributed by atoms with van der Waals surface area (Å²) in [4.78, 5) is 6.81. The van der Waals surface area contributed by atoms with Gasteiger partial charge in [0.2, 0.25) is 5.52 Å². The number of aliphatic hydroxyl groups excluding tert-OH is 2. The highest BCUT2D eigenvalue weighted by molar-refractivity contribution is 7.71. The molecule has 1 saturated heterocycles. The third kappa shape index (κ3) is 2.12. The van der Waals surface area contributed by atoms with Gasteiger partial charge in [0.15, 0.2) is 17.2 Å². The molecule has 4 atom stereocenters. The van der Waals surface area contributed by atoms with Crippen molar-refractivity contribution in [2.45, 2.75) is 24.5 Å². The minimum Gasteiger partial charge on any atom is -0.846 e. The highest BCUT2D eigenvalue weighted by Gasteiger charge is 2.41. The predicted octanol–water partition coefficient (Wildman–Crippen LogP) is -2.52. The number of nitrogens with zero attached hydrogens (tertiary/aromatic N) is 3. The number of aromatic nitrogens is 4. The first-order chi connectivity index (χ1) is 9.93. The topological polar surface area (TPSA) is 136 Å². The number of aromatic amines is 1. The Morgan fingerprint density at radius 1 is 1.67 bits per heavy atom. The van der Waals surface area contributed by atoms with Crippen molar-refractivity contribution >= 4 is 29.3 Å². The molecule has 0 radical (unpaired) electrons. The second-order valence-corrected chi connectivity index (χ2v) is 5.35. The lowest BCUT2D eigenvalue weighted by Gasteiger charge is -2.23. The quantitative estimate of drug-likeness (QED) is 0.355. The van der Waals surface area contributed by atoms with Gasteiger partial charge in [0.25, 0.3) is 11.6 Å². The van der Waals surface area contributed by atoms with Gasteiger partial charge in [-0.05, 0) is 6.10 Å². The maximum absolute atomic E-state index is 12.2. The molecule has 0 bridgehead atoms. The molecule has 21 heavy (non-hydrogen) atoms. The smallest absolute Gasteiger partial charge is 0.273 e. The maximum atomic E-state index is 12.2. The fourth-order valence-corrected chi connectivity index (χ4v) is 2.90. The van der Waals surface area contributed by atoms with E-state index in [1.807, 2.05) is 0 Å². The van der Waals surface area contributed by atoms with Crippen molar-refractivity contribution in [3.63, 3.8) is 0 Å². The summed E-state index contributed by atoms with van der Waals surface area (Å²) in [6, 6.07) is 0. The molecule has 5 N–H and O–H groups in total. The van der Waals surface area contributed by atoms with Gasteiger partial charge in [-0.2, -0.15) is 4.98 Å². The Labute approximate surface area is 124 Å². The van der Waals surface area contributed by atoms with Crippen LogP contribution in [-0.2, 0) is 11.8 Å². The van der Waals surface area contributed by atoms with Crippen molar-refractivity contribution in [2.24, 2.45) is 7.05 Å². The zero-order valence-corrected chi connectivity index (χ0v) is 11.9. The minimum absolute atomic E-state index is 0.118. The number of hydrogen-bond donors (Lipinski definition) is 4. The number of imidazole rings is 1. The lowest BCUT2D eigenvalue weighted by molar-refractivity contribution is -0.764. The van der Waals surface area contributed by atoms with Crippen LogP contribution >= 0.6 is 12.2 Å². The van der Waals surface area contributed by atoms with E-state index in [4.69, 9.17) is 27.8 Å². The molecule has 2 aromatic rings. The number of nitrogen functional groups attached to an aromatic ring is 1. The molecule has 114 valence electrons. The highest BCUT2D eigenvalue weighted by atomic mass is 32.1. The fraction of sp³-hybridized carbons (Fsp3) is 0.545. The number of aryl methyl sites for hydroxylation is 1. The van der Waals surface area contributed by atoms with Crippen LogP contribution in [0.4, 0.5) is 5.95 Å². The first-order valence-corrected chi connectivity index (χ1v) is 6.71. The van der Waals surface area contributed by atoms with E-state index in [2.05, 4.69) is 9.97 Å². The first kappa shape index (κ1) is 14.4. The van der Waals surface area contributed by atoms with Gasteiger partial charge in [-0.15, -0.1) is 0 Å². The molecule has 1 fully saturated rings. The number of ether oxygens (including phenoxy) is 1. The molecule has 3 heterocycles. The Balaban J connectivity index is 2.16. The molecule has 0 aromatic carbocycles. The van der Waals surface area contributed by atoms with Crippen molar-refractivity contribution in [1.29, 1.82) is 0 Å². The largest absolute Gasteiger partial charge is 0.846 e. The summed E-state index contributed by atoms with van der Waals surface area (Å²) in [5.74, 6) is 0.118. The molecule has 0 aliphatic carbocycles. The molecule has 1 aliphatic heterocycles. The van der Waals surface area contributed by atoms with E-state index in [0.717, 1.165) is 0 Å². The average molecular weight is 313 g/mol. The second kappa shape index (κ2) is 5.00. The fourth-order valence-electron chi connectivity index (χ4n) is 2.56. The molecule has 3 rings (SSSR count). The van der Waals surface area contributed by atoms with Crippen molar-refractivity contribution in [3.05, 3.63) is 11.0 Å². The van der Waals surface area contributed by atoms with E-state index in [-0.39, 0.29) is 5.95 Å². The van der Waals surface area contributed by atoms with E-state index >= 15 is 0 Å². The molecule has 0 amide bonds. The molecule has 1 aliphatic rings. The van der Waals surface area contributed by atoms with Crippen LogP contribution in [0, 0.1) is 4.64 Å². The van der Waals surface area contributed by atoms with E-state index in [9.17, 15) is 10.2 Å². The lowest BCUT2D eigenvalue weighted by atomic mass is 10.1. The summed E-state index contributed by atoms with van der Waals surface area (Å²) in [5, 5.41) is 31.1. The monoisotopic (exact) mass is 313 g/mol. The van der Waals surface area contributed by atoms with Crippen LogP contribution in [0.2, 0.25) is 0 Å². The zero-order chi connectivity index (χ0) is 15.3. The van der Waals surface area contributed by atoms with Crippen molar-refractivity contribution < 1.29 is 24.6 Å². The second-order valence-electron chi connectivity index (χ2n) is 4.96. The van der Waals surface area contributed by atoms with Gasteiger partial charge in [0.1, 0.15) is 6.10 Å².